The van der Waals surface area contributed by atoms with Crippen molar-refractivity contribution in [3.05, 3.63) is 24.2 Å². The van der Waals surface area contributed by atoms with Gasteiger partial charge in [0.25, 0.3) is 0 Å². The summed E-state index contributed by atoms with van der Waals surface area (Å²) in [6, 6.07) is 2.02. The number of hydrogen-bond donors (Lipinski definition) is 1. The van der Waals surface area contributed by atoms with E-state index >= 15 is 0 Å². The van der Waals surface area contributed by atoms with Crippen molar-refractivity contribution in [1.82, 2.24) is 0 Å². The second-order valence-corrected chi connectivity index (χ2v) is 9.12. The number of ketones is 1. The third-order valence-corrected chi connectivity index (χ3v) is 7.15. The predicted octanol–water partition coefficient (Wildman–Crippen LogP) is 4.63. The molecule has 1 N–H and O–H groups in total. The highest BCUT2D eigenvalue weighted by molar-refractivity contribution is 5.79. The number of hydrogen-bond acceptors (Lipinski definition) is 3. The van der Waals surface area contributed by atoms with Crippen LogP contribution < -0.4 is 0 Å². The van der Waals surface area contributed by atoms with Crippen molar-refractivity contribution in [3.63, 3.8) is 0 Å². The minimum absolute atomic E-state index is 0.0120. The Morgan fingerprint density at radius 2 is 2.08 bits per heavy atom. The molecule has 1 heterocycles. The zero-order chi connectivity index (χ0) is 17.5. The van der Waals surface area contributed by atoms with E-state index in [2.05, 4.69) is 20.8 Å². The number of carbonyl (C=O) groups excluding carboxylic acids is 1. The van der Waals surface area contributed by atoms with Crippen molar-refractivity contribution in [2.45, 2.75) is 72.3 Å². The van der Waals surface area contributed by atoms with Crippen LogP contribution in [-0.4, -0.2) is 17.0 Å². The lowest BCUT2D eigenvalue weighted by atomic mass is 9.44. The van der Waals surface area contributed by atoms with E-state index < -0.39 is 0 Å². The number of fused-ring (bicyclic) bond motifs is 1. The van der Waals surface area contributed by atoms with Crippen LogP contribution in [0.15, 0.2) is 23.0 Å². The number of aliphatic hydroxyl groups is 1. The van der Waals surface area contributed by atoms with Crippen LogP contribution in [0.3, 0.4) is 0 Å². The summed E-state index contributed by atoms with van der Waals surface area (Å²) in [7, 11) is 0. The van der Waals surface area contributed by atoms with Crippen LogP contribution in [0.1, 0.15) is 65.4 Å². The zero-order valence-electron chi connectivity index (χ0n) is 15.5. The monoisotopic (exact) mass is 332 g/mol. The molecule has 1 aromatic heterocycles. The average Bonchev–Trinajstić information content (AvgIpc) is 2.97. The van der Waals surface area contributed by atoms with E-state index in [1.165, 1.54) is 18.4 Å². The summed E-state index contributed by atoms with van der Waals surface area (Å²) in [5.41, 5.74) is 1.39. The van der Waals surface area contributed by atoms with Crippen LogP contribution >= 0.6 is 0 Å². The van der Waals surface area contributed by atoms with Crippen molar-refractivity contribution in [3.8, 4) is 0 Å². The summed E-state index contributed by atoms with van der Waals surface area (Å²) >= 11 is 0. The normalized spacial score (nSPS) is 38.5. The Labute approximate surface area is 145 Å². The first kappa shape index (κ1) is 17.7. The molecular formula is C21H32O3. The Hall–Kier alpha value is -1.09. The highest BCUT2D eigenvalue weighted by Crippen LogP contribution is 2.62. The first-order valence-corrected chi connectivity index (χ1v) is 9.45. The first-order chi connectivity index (χ1) is 11.3. The third-order valence-electron chi connectivity index (χ3n) is 7.15. The summed E-state index contributed by atoms with van der Waals surface area (Å²) in [4.78, 5) is 12.4. The molecule has 0 bridgehead atoms. The van der Waals surface area contributed by atoms with Gasteiger partial charge in [0.1, 0.15) is 5.78 Å². The fourth-order valence-corrected chi connectivity index (χ4v) is 6.26. The number of rotatable bonds is 4. The van der Waals surface area contributed by atoms with Gasteiger partial charge in [-0.2, -0.15) is 0 Å². The van der Waals surface area contributed by atoms with Crippen LogP contribution in [0.25, 0.3) is 0 Å². The molecule has 2 fully saturated rings. The molecule has 2 aliphatic carbocycles. The van der Waals surface area contributed by atoms with Crippen LogP contribution in [0.2, 0.25) is 0 Å². The van der Waals surface area contributed by atoms with Gasteiger partial charge in [-0.15, -0.1) is 0 Å². The summed E-state index contributed by atoms with van der Waals surface area (Å²) in [6.45, 7) is 8.66. The molecule has 3 heteroatoms. The quantitative estimate of drug-likeness (QED) is 0.874. The van der Waals surface area contributed by atoms with Gasteiger partial charge in [0, 0.05) is 5.92 Å². The number of furan rings is 1. The standard InChI is InChI=1S/C21H32O3/c1-14(22)16-12-18(23)19-20(2,3)9-5-10-21(19,4)17(16)7-6-15-8-11-24-13-15/h8,11,13,16-19,23H,5-7,9-10,12H2,1-4H3/t16-,17+,18+,19-,21-/m1/s1. The SMILES string of the molecule is CC(=O)[C@H]1C[C@H](O)[C@@H]2C(C)(C)CCC[C@]2(C)[C@H]1CCc1ccoc1. The molecule has 5 atom stereocenters. The highest BCUT2D eigenvalue weighted by atomic mass is 16.3. The molecule has 0 amide bonds. The van der Waals surface area contributed by atoms with E-state index in [1.54, 1.807) is 13.2 Å². The lowest BCUT2D eigenvalue weighted by Gasteiger charge is -2.61. The molecule has 2 saturated carbocycles. The van der Waals surface area contributed by atoms with E-state index in [1.807, 2.05) is 12.3 Å². The van der Waals surface area contributed by atoms with Crippen molar-refractivity contribution >= 4 is 5.78 Å². The second-order valence-electron chi connectivity index (χ2n) is 9.12. The molecule has 134 valence electrons. The van der Waals surface area contributed by atoms with Crippen molar-refractivity contribution in [1.29, 1.82) is 0 Å². The van der Waals surface area contributed by atoms with Crippen LogP contribution in [-0.2, 0) is 11.2 Å². The molecule has 0 aromatic carbocycles. The number of Topliss-reactive ketones (excluding diaryl/α,β-unsaturated/α-hetero) is 1. The zero-order valence-corrected chi connectivity index (χ0v) is 15.5. The molecule has 0 saturated heterocycles. The number of carbonyl (C=O) groups is 1. The van der Waals surface area contributed by atoms with Gasteiger partial charge in [0.05, 0.1) is 18.6 Å². The van der Waals surface area contributed by atoms with Gasteiger partial charge < -0.3 is 9.52 Å². The van der Waals surface area contributed by atoms with E-state index in [0.717, 1.165) is 19.3 Å². The number of aliphatic hydroxyl groups excluding tert-OH is 1. The second kappa shape index (κ2) is 6.33. The van der Waals surface area contributed by atoms with Gasteiger partial charge in [0.15, 0.2) is 0 Å². The maximum absolute atomic E-state index is 12.4. The molecule has 2 aliphatic rings. The van der Waals surface area contributed by atoms with Crippen molar-refractivity contribution < 1.29 is 14.3 Å². The molecule has 0 aliphatic heterocycles. The van der Waals surface area contributed by atoms with Crippen molar-refractivity contribution in [2.75, 3.05) is 0 Å². The minimum atomic E-state index is -0.357. The van der Waals surface area contributed by atoms with Gasteiger partial charge >= 0.3 is 0 Å². The van der Waals surface area contributed by atoms with Crippen molar-refractivity contribution in [2.24, 2.45) is 28.6 Å². The fourth-order valence-electron chi connectivity index (χ4n) is 6.26. The van der Waals surface area contributed by atoms with E-state index in [9.17, 15) is 9.90 Å². The Bertz CT molecular complexity index is 574. The number of aryl methyl sites for hydroxylation is 1. The van der Waals surface area contributed by atoms with Gasteiger partial charge in [-0.05, 0) is 73.3 Å². The first-order valence-electron chi connectivity index (χ1n) is 9.45. The molecule has 3 rings (SSSR count). The smallest absolute Gasteiger partial charge is 0.133 e. The largest absolute Gasteiger partial charge is 0.472 e. The Morgan fingerprint density at radius 1 is 1.33 bits per heavy atom. The molecule has 24 heavy (non-hydrogen) atoms. The van der Waals surface area contributed by atoms with E-state index in [0.29, 0.717) is 12.3 Å². The van der Waals surface area contributed by atoms with Crippen LogP contribution in [0, 0.1) is 28.6 Å². The molecule has 0 radical (unpaired) electrons. The summed E-state index contributed by atoms with van der Waals surface area (Å²) in [5.74, 6) is 0.859. The molecule has 0 unspecified atom stereocenters. The third kappa shape index (κ3) is 2.96. The molecule has 1 aromatic rings. The molecule has 3 nitrogen and oxygen atoms in total. The topological polar surface area (TPSA) is 50.4 Å². The average molecular weight is 332 g/mol. The summed E-state index contributed by atoms with van der Waals surface area (Å²) in [5, 5.41) is 10.9. The highest BCUT2D eigenvalue weighted by Gasteiger charge is 2.58. The maximum Gasteiger partial charge on any atom is 0.133 e. The predicted molar refractivity (Wildman–Crippen MR) is 94.5 cm³/mol. The lowest BCUT2D eigenvalue weighted by molar-refractivity contribution is -0.169. The van der Waals surface area contributed by atoms with Crippen LogP contribution in [0.5, 0.6) is 0 Å². The lowest BCUT2D eigenvalue weighted by Crippen LogP contribution is -2.58. The Morgan fingerprint density at radius 3 is 2.71 bits per heavy atom. The summed E-state index contributed by atoms with van der Waals surface area (Å²) in [6.07, 6.45) is 9.24. The molecule has 0 spiro atoms. The van der Waals surface area contributed by atoms with Gasteiger partial charge in [-0.3, -0.25) is 4.79 Å². The van der Waals surface area contributed by atoms with Gasteiger partial charge in [0.2, 0.25) is 0 Å². The summed E-state index contributed by atoms with van der Waals surface area (Å²) < 4.78 is 5.20. The fraction of sp³-hybridized carbons (Fsp3) is 0.762. The molecular weight excluding hydrogens is 300 g/mol. The Kier molecular flexibility index (Phi) is 4.67. The minimum Gasteiger partial charge on any atom is -0.472 e. The van der Waals surface area contributed by atoms with E-state index in [-0.39, 0.29) is 34.6 Å². The van der Waals surface area contributed by atoms with E-state index in [4.69, 9.17) is 4.42 Å². The van der Waals surface area contributed by atoms with Gasteiger partial charge in [-0.1, -0.05) is 27.2 Å². The van der Waals surface area contributed by atoms with Crippen LogP contribution in [0.4, 0.5) is 0 Å². The maximum atomic E-state index is 12.4. The van der Waals surface area contributed by atoms with Gasteiger partial charge in [-0.25, -0.2) is 0 Å². The Balaban J connectivity index is 1.92.